The summed E-state index contributed by atoms with van der Waals surface area (Å²) in [6, 6.07) is 16.5. The van der Waals surface area contributed by atoms with Crippen LogP contribution in [0.25, 0.3) is 0 Å². The molecule has 0 bridgehead atoms. The van der Waals surface area contributed by atoms with E-state index in [0.717, 1.165) is 5.56 Å². The number of nitrogens with one attached hydrogen (secondary N) is 2. The number of anilines is 1. The molecule has 0 aromatic heterocycles. The van der Waals surface area contributed by atoms with Crippen LogP contribution in [-0.4, -0.2) is 43.0 Å². The third kappa shape index (κ3) is 4.61. The number of carbonyl (C=O) groups is 2. The van der Waals surface area contributed by atoms with Crippen molar-refractivity contribution in [3.63, 3.8) is 0 Å². The molecule has 1 saturated heterocycles. The first-order valence-corrected chi connectivity index (χ1v) is 8.65. The molecule has 1 fully saturated rings. The Morgan fingerprint density at radius 1 is 1.23 bits per heavy atom. The van der Waals surface area contributed by atoms with Gasteiger partial charge in [-0.1, -0.05) is 36.4 Å². The van der Waals surface area contributed by atoms with E-state index < -0.39 is 6.04 Å². The second kappa shape index (κ2) is 8.49. The molecule has 6 nitrogen and oxygen atoms in total. The molecule has 1 unspecified atom stereocenters. The third-order valence-corrected chi connectivity index (χ3v) is 4.34. The summed E-state index contributed by atoms with van der Waals surface area (Å²) in [5.74, 6) is 0.426. The van der Waals surface area contributed by atoms with Gasteiger partial charge in [0.25, 0.3) is 0 Å². The first-order chi connectivity index (χ1) is 12.7. The molecule has 1 aliphatic heterocycles. The summed E-state index contributed by atoms with van der Waals surface area (Å²) in [4.78, 5) is 26.8. The molecule has 136 valence electrons. The molecule has 3 rings (SSSR count). The highest BCUT2D eigenvalue weighted by atomic mass is 16.5. The fourth-order valence-corrected chi connectivity index (χ4v) is 3.01. The van der Waals surface area contributed by atoms with Crippen LogP contribution in [-0.2, 0) is 16.1 Å². The molecule has 1 heterocycles. The van der Waals surface area contributed by atoms with Gasteiger partial charge in [-0.05, 0) is 17.7 Å². The van der Waals surface area contributed by atoms with Gasteiger partial charge in [0.15, 0.2) is 0 Å². The van der Waals surface area contributed by atoms with E-state index >= 15 is 0 Å². The highest BCUT2D eigenvalue weighted by Gasteiger charge is 2.30. The molecular weight excluding hydrogens is 330 g/mol. The van der Waals surface area contributed by atoms with Crippen LogP contribution in [0.15, 0.2) is 54.6 Å². The molecule has 2 amide bonds. The first-order valence-electron chi connectivity index (χ1n) is 8.65. The van der Waals surface area contributed by atoms with Gasteiger partial charge in [-0.2, -0.15) is 0 Å². The molecule has 0 spiro atoms. The van der Waals surface area contributed by atoms with Gasteiger partial charge in [0.1, 0.15) is 5.75 Å². The summed E-state index contributed by atoms with van der Waals surface area (Å²) >= 11 is 0. The second-order valence-electron chi connectivity index (χ2n) is 6.24. The number of amides is 2. The Kier molecular flexibility index (Phi) is 5.86. The van der Waals surface area contributed by atoms with E-state index in [1.807, 2.05) is 36.4 Å². The number of benzene rings is 2. The molecule has 0 aliphatic carbocycles. The molecule has 2 aromatic carbocycles. The maximum atomic E-state index is 12.7. The Morgan fingerprint density at radius 2 is 2.04 bits per heavy atom. The van der Waals surface area contributed by atoms with Gasteiger partial charge in [0.05, 0.1) is 19.6 Å². The van der Waals surface area contributed by atoms with Crippen LogP contribution < -0.4 is 15.4 Å². The van der Waals surface area contributed by atoms with Gasteiger partial charge in [-0.15, -0.1) is 0 Å². The predicted octanol–water partition coefficient (Wildman–Crippen LogP) is 2.02. The fraction of sp³-hybridized carbons (Fsp3) is 0.300. The summed E-state index contributed by atoms with van der Waals surface area (Å²) in [6.45, 7) is 1.88. The average molecular weight is 353 g/mol. The Balaban J connectivity index is 1.58. The number of methoxy groups -OCH3 is 1. The number of nitrogens with zero attached hydrogens (tertiary/aromatic N) is 1. The summed E-state index contributed by atoms with van der Waals surface area (Å²) in [5, 5.41) is 5.97. The van der Waals surface area contributed by atoms with Crippen molar-refractivity contribution < 1.29 is 14.3 Å². The van der Waals surface area contributed by atoms with Crippen LogP contribution >= 0.6 is 0 Å². The van der Waals surface area contributed by atoms with Crippen molar-refractivity contribution in [1.82, 2.24) is 10.2 Å². The molecule has 0 saturated carbocycles. The van der Waals surface area contributed by atoms with E-state index in [0.29, 0.717) is 31.1 Å². The number of hydrogen-bond donors (Lipinski definition) is 2. The largest absolute Gasteiger partial charge is 0.497 e. The lowest BCUT2D eigenvalue weighted by molar-refractivity contribution is -0.138. The van der Waals surface area contributed by atoms with E-state index in [-0.39, 0.29) is 18.2 Å². The lowest BCUT2D eigenvalue weighted by Crippen LogP contribution is -2.55. The van der Waals surface area contributed by atoms with E-state index in [4.69, 9.17) is 4.74 Å². The smallest absolute Gasteiger partial charge is 0.240 e. The lowest BCUT2D eigenvalue weighted by Gasteiger charge is -2.33. The van der Waals surface area contributed by atoms with Crippen LogP contribution in [0.4, 0.5) is 5.69 Å². The Labute approximate surface area is 153 Å². The topological polar surface area (TPSA) is 70.7 Å². The molecule has 2 aromatic rings. The number of piperazine rings is 1. The fourth-order valence-electron chi connectivity index (χ4n) is 3.01. The molecule has 26 heavy (non-hydrogen) atoms. The van der Waals surface area contributed by atoms with Crippen molar-refractivity contribution in [3.8, 4) is 5.75 Å². The number of ether oxygens (including phenoxy) is 1. The summed E-state index contributed by atoms with van der Waals surface area (Å²) in [6.07, 6.45) is 0.0985. The number of carbonyl (C=O) groups excluding carboxylic acids is 2. The number of hydrogen-bond acceptors (Lipinski definition) is 4. The van der Waals surface area contributed by atoms with E-state index in [1.54, 1.807) is 30.2 Å². The van der Waals surface area contributed by atoms with Crippen molar-refractivity contribution in [2.45, 2.75) is 19.0 Å². The van der Waals surface area contributed by atoms with Crippen molar-refractivity contribution in [1.29, 1.82) is 0 Å². The van der Waals surface area contributed by atoms with Gasteiger partial charge in [0, 0.05) is 31.4 Å². The van der Waals surface area contributed by atoms with Gasteiger partial charge in [-0.3, -0.25) is 9.59 Å². The minimum atomic E-state index is -0.502. The highest BCUT2D eigenvalue weighted by Crippen LogP contribution is 2.17. The van der Waals surface area contributed by atoms with Gasteiger partial charge in [-0.25, -0.2) is 0 Å². The van der Waals surface area contributed by atoms with Crippen molar-refractivity contribution >= 4 is 17.5 Å². The molecule has 2 N–H and O–H groups in total. The minimum absolute atomic E-state index is 0.0408. The molecule has 1 aliphatic rings. The molecular formula is C20H23N3O3. The lowest BCUT2D eigenvalue weighted by atomic mass is 10.1. The normalized spacial score (nSPS) is 17.0. The monoisotopic (exact) mass is 353 g/mol. The predicted molar refractivity (Wildman–Crippen MR) is 99.9 cm³/mol. The Hall–Kier alpha value is -2.86. The Morgan fingerprint density at radius 3 is 2.81 bits per heavy atom. The zero-order valence-corrected chi connectivity index (χ0v) is 14.8. The van der Waals surface area contributed by atoms with Crippen molar-refractivity contribution in [2.75, 3.05) is 25.5 Å². The summed E-state index contributed by atoms with van der Waals surface area (Å²) < 4.78 is 5.15. The summed E-state index contributed by atoms with van der Waals surface area (Å²) in [7, 11) is 1.58. The zero-order valence-electron chi connectivity index (χ0n) is 14.8. The van der Waals surface area contributed by atoms with Crippen molar-refractivity contribution in [2.24, 2.45) is 0 Å². The van der Waals surface area contributed by atoms with E-state index in [9.17, 15) is 9.59 Å². The van der Waals surface area contributed by atoms with Gasteiger partial charge >= 0.3 is 0 Å². The zero-order chi connectivity index (χ0) is 18.4. The highest BCUT2D eigenvalue weighted by molar-refractivity contribution is 5.95. The second-order valence-corrected chi connectivity index (χ2v) is 6.24. The molecule has 6 heteroatoms. The van der Waals surface area contributed by atoms with Crippen LogP contribution in [0.5, 0.6) is 5.75 Å². The first kappa shape index (κ1) is 17.9. The minimum Gasteiger partial charge on any atom is -0.497 e. The van der Waals surface area contributed by atoms with Crippen LogP contribution in [0.3, 0.4) is 0 Å². The quantitative estimate of drug-likeness (QED) is 0.834. The maximum absolute atomic E-state index is 12.7. The van der Waals surface area contributed by atoms with Crippen LogP contribution in [0.2, 0.25) is 0 Å². The van der Waals surface area contributed by atoms with Crippen LogP contribution in [0, 0.1) is 0 Å². The average Bonchev–Trinajstić information content (AvgIpc) is 2.66. The summed E-state index contributed by atoms with van der Waals surface area (Å²) in [5.41, 5.74) is 1.74. The van der Waals surface area contributed by atoms with Crippen molar-refractivity contribution in [3.05, 3.63) is 60.2 Å². The van der Waals surface area contributed by atoms with E-state index in [1.165, 1.54) is 0 Å². The number of rotatable bonds is 6. The van der Waals surface area contributed by atoms with Gasteiger partial charge < -0.3 is 20.3 Å². The van der Waals surface area contributed by atoms with Gasteiger partial charge in [0.2, 0.25) is 11.8 Å². The SMILES string of the molecule is COc1cccc(NC(=O)CC2NCCN(Cc3ccccc3)C2=O)c1. The van der Waals surface area contributed by atoms with Crippen LogP contribution in [0.1, 0.15) is 12.0 Å². The maximum Gasteiger partial charge on any atom is 0.240 e. The standard InChI is InChI=1S/C20H23N3O3/c1-26-17-9-5-8-16(12-17)22-19(24)13-18-20(25)23(11-10-21-18)14-15-6-3-2-4-7-15/h2-9,12,18,21H,10-11,13-14H2,1H3,(H,22,24). The Bertz CT molecular complexity index is 764. The molecule has 0 radical (unpaired) electrons. The molecule has 1 atom stereocenters. The van der Waals surface area contributed by atoms with E-state index in [2.05, 4.69) is 10.6 Å². The third-order valence-electron chi connectivity index (χ3n) is 4.34.